The molecule has 0 N–H and O–H groups in total. The van der Waals surface area contributed by atoms with E-state index in [1.807, 2.05) is 0 Å². The highest BCUT2D eigenvalue weighted by Crippen LogP contribution is 2.19. The minimum absolute atomic E-state index is 0.0550. The first kappa shape index (κ1) is 37.9. The van der Waals surface area contributed by atoms with Gasteiger partial charge in [-0.1, -0.05) is 142 Å². The average Bonchev–Trinajstić information content (AvgIpc) is 2.74. The largest absolute Gasteiger partial charge is 0.303 e. The summed E-state index contributed by atoms with van der Waals surface area (Å²) in [5.41, 5.74) is 0. The third-order valence-electron chi connectivity index (χ3n) is 3.27. The number of carbonyl (C=O) groups is 6. The molecule has 0 aromatic heterocycles. The number of hydrogen-bond donors (Lipinski definition) is 0. The molecule has 0 radical (unpaired) electrons. The second kappa shape index (κ2) is 28.6. The van der Waals surface area contributed by atoms with Crippen molar-refractivity contribution < 1.29 is 28.8 Å². The van der Waals surface area contributed by atoms with E-state index in [2.05, 4.69) is 136 Å². The summed E-state index contributed by atoms with van der Waals surface area (Å²) in [6.45, 7) is 0. The molecule has 0 saturated carbocycles. The van der Waals surface area contributed by atoms with E-state index >= 15 is 0 Å². The molecule has 12 heteroatoms. The predicted octanol–water partition coefficient (Wildman–Crippen LogP) is 5.70. The molecular weight excluding hydrogens is 1090 g/mol. The maximum atomic E-state index is 10.2. The zero-order valence-corrected chi connectivity index (χ0v) is 29.5. The summed E-state index contributed by atoms with van der Waals surface area (Å²) < 4.78 is 1.18. The zero-order chi connectivity index (χ0) is 24.7. The monoisotopic (exact) mass is 1110 g/mol. The van der Waals surface area contributed by atoms with Gasteiger partial charge in [0.1, 0.15) is 37.7 Å². The molecule has 0 aliphatic carbocycles. The van der Waals surface area contributed by atoms with Crippen LogP contribution in [0.3, 0.4) is 0 Å². The molecule has 6 atom stereocenters. The van der Waals surface area contributed by atoms with Crippen molar-refractivity contribution in [2.75, 3.05) is 0 Å². The van der Waals surface area contributed by atoms with Crippen molar-refractivity contribution in [3.63, 3.8) is 0 Å². The Morgan fingerprint density at radius 1 is 0.516 bits per heavy atom. The standard InChI is InChI=1S/C7H10I2O2.2C6H8I2O2/c8-6(4-10)2-1-3-7(9)5-11;7-5(1-3-9)6(8)2-4-10;7-5(1-2-9)3-6(8)4-10/h4-7H,1-3H2;3-6H,1-2H2;2,4-6H,1,3H2. The Hall–Kier alpha value is 2.40. The van der Waals surface area contributed by atoms with Crippen LogP contribution in [-0.4, -0.2) is 61.3 Å². The van der Waals surface area contributed by atoms with Crippen LogP contribution in [-0.2, 0) is 28.8 Å². The van der Waals surface area contributed by atoms with Crippen LogP contribution >= 0.6 is 136 Å². The van der Waals surface area contributed by atoms with E-state index < -0.39 is 0 Å². The van der Waals surface area contributed by atoms with Gasteiger partial charge in [-0.2, -0.15) is 0 Å². The molecule has 0 spiro atoms. The molecule has 31 heavy (non-hydrogen) atoms. The Kier molecular flexibility index (Phi) is 35.0. The van der Waals surface area contributed by atoms with E-state index in [1.165, 1.54) is 0 Å². The van der Waals surface area contributed by atoms with Gasteiger partial charge in [0.2, 0.25) is 0 Å². The molecule has 0 bridgehead atoms. The molecule has 180 valence electrons. The van der Waals surface area contributed by atoms with Gasteiger partial charge in [0, 0.05) is 31.0 Å². The van der Waals surface area contributed by atoms with E-state index in [4.69, 9.17) is 0 Å². The third-order valence-corrected chi connectivity index (χ3v) is 11.1. The lowest BCUT2D eigenvalue weighted by Gasteiger charge is -2.09. The van der Waals surface area contributed by atoms with Gasteiger partial charge in [-0.25, -0.2) is 0 Å². The summed E-state index contributed by atoms with van der Waals surface area (Å²) in [5.74, 6) is 0. The van der Waals surface area contributed by atoms with Crippen molar-refractivity contribution in [1.82, 2.24) is 0 Å². The number of aldehydes is 6. The molecule has 0 saturated heterocycles. The van der Waals surface area contributed by atoms with Crippen molar-refractivity contribution in [3.8, 4) is 0 Å². The first-order valence-corrected chi connectivity index (χ1v) is 16.6. The topological polar surface area (TPSA) is 102 Å². The lowest BCUT2D eigenvalue weighted by atomic mass is 10.2. The van der Waals surface area contributed by atoms with E-state index in [1.54, 1.807) is 0 Å². The third kappa shape index (κ3) is 30.4. The number of alkyl halides is 6. The van der Waals surface area contributed by atoms with Crippen LogP contribution in [0.5, 0.6) is 0 Å². The maximum absolute atomic E-state index is 10.2. The van der Waals surface area contributed by atoms with Crippen molar-refractivity contribution in [3.05, 3.63) is 0 Å². The van der Waals surface area contributed by atoms with Crippen LogP contribution in [0.4, 0.5) is 0 Å². The van der Waals surface area contributed by atoms with E-state index in [-0.39, 0.29) is 11.8 Å². The molecule has 0 rings (SSSR count). The number of halogens is 6. The second-order valence-electron chi connectivity index (χ2n) is 5.96. The van der Waals surface area contributed by atoms with E-state index in [9.17, 15) is 28.8 Å². The zero-order valence-electron chi connectivity index (χ0n) is 16.6. The van der Waals surface area contributed by atoms with Gasteiger partial charge in [0.05, 0.1) is 11.8 Å². The fourth-order valence-electron chi connectivity index (χ4n) is 1.62. The lowest BCUT2D eigenvalue weighted by Crippen LogP contribution is -2.14. The fraction of sp³-hybridized carbons (Fsp3) is 0.684. The van der Waals surface area contributed by atoms with Crippen LogP contribution in [0.15, 0.2) is 0 Å². The summed E-state index contributed by atoms with van der Waals surface area (Å²) in [6.07, 6.45) is 10.7. The first-order chi connectivity index (χ1) is 14.6. The molecule has 0 aromatic carbocycles. The molecule has 0 aliphatic heterocycles. The van der Waals surface area contributed by atoms with Gasteiger partial charge in [0.15, 0.2) is 0 Å². The number of rotatable bonds is 16. The van der Waals surface area contributed by atoms with E-state index in [0.717, 1.165) is 63.4 Å². The molecule has 6 unspecified atom stereocenters. The summed E-state index contributed by atoms with van der Waals surface area (Å²) in [7, 11) is 0. The smallest absolute Gasteiger partial charge is 0.132 e. The van der Waals surface area contributed by atoms with Gasteiger partial charge >= 0.3 is 0 Å². The van der Waals surface area contributed by atoms with Gasteiger partial charge < -0.3 is 28.8 Å². The minimum atomic E-state index is 0.0550. The van der Waals surface area contributed by atoms with Crippen molar-refractivity contribution in [1.29, 1.82) is 0 Å². The van der Waals surface area contributed by atoms with Gasteiger partial charge in [-0.15, -0.1) is 0 Å². The Morgan fingerprint density at radius 2 is 0.871 bits per heavy atom. The van der Waals surface area contributed by atoms with Crippen molar-refractivity contribution >= 4 is 173 Å². The Morgan fingerprint density at radius 3 is 1.16 bits per heavy atom. The van der Waals surface area contributed by atoms with Crippen LogP contribution in [0.1, 0.15) is 44.9 Å². The predicted molar refractivity (Wildman–Crippen MR) is 176 cm³/mol. The average molecular weight is 1110 g/mol. The quantitative estimate of drug-likeness (QED) is 0.112. The minimum Gasteiger partial charge on any atom is -0.303 e. The number of hydrogen-bond acceptors (Lipinski definition) is 6. The van der Waals surface area contributed by atoms with Gasteiger partial charge in [-0.05, 0) is 19.3 Å². The van der Waals surface area contributed by atoms with Crippen LogP contribution in [0.25, 0.3) is 0 Å². The maximum Gasteiger partial charge on any atom is 0.132 e. The summed E-state index contributed by atoms with van der Waals surface area (Å²) in [5, 5.41) is 0. The Bertz CT molecular complexity index is 469. The summed E-state index contributed by atoms with van der Waals surface area (Å²) >= 11 is 12.9. The van der Waals surface area contributed by atoms with Crippen LogP contribution in [0.2, 0.25) is 0 Å². The van der Waals surface area contributed by atoms with Crippen molar-refractivity contribution in [2.24, 2.45) is 0 Å². The molecule has 0 fully saturated rings. The highest BCUT2D eigenvalue weighted by Gasteiger charge is 2.13. The second-order valence-corrected chi connectivity index (χ2v) is 15.7. The summed E-state index contributed by atoms with van der Waals surface area (Å²) in [4.78, 5) is 60.5. The number of carbonyl (C=O) groups excluding carboxylic acids is 6. The normalized spacial score (nSPS) is 15.7. The summed E-state index contributed by atoms with van der Waals surface area (Å²) in [6, 6.07) is 0. The van der Waals surface area contributed by atoms with Crippen molar-refractivity contribution in [2.45, 2.75) is 68.5 Å². The molecular formula is C19H26I6O6. The molecule has 0 amide bonds. The molecule has 0 aromatic rings. The lowest BCUT2D eigenvalue weighted by molar-refractivity contribution is -0.109. The molecule has 6 nitrogen and oxygen atoms in total. The van der Waals surface area contributed by atoms with Gasteiger partial charge in [0.25, 0.3) is 0 Å². The first-order valence-electron chi connectivity index (χ1n) is 9.14. The van der Waals surface area contributed by atoms with Gasteiger partial charge in [-0.3, -0.25) is 0 Å². The Balaban J connectivity index is -0.000000380. The Labute approximate surface area is 266 Å². The fourth-order valence-corrected chi connectivity index (χ4v) is 5.85. The molecule has 0 aliphatic rings. The van der Waals surface area contributed by atoms with E-state index in [0.29, 0.717) is 31.0 Å². The highest BCUT2D eigenvalue weighted by molar-refractivity contribution is 14.1. The highest BCUT2D eigenvalue weighted by atomic mass is 127. The van der Waals surface area contributed by atoms with Crippen LogP contribution < -0.4 is 0 Å². The molecule has 0 heterocycles. The van der Waals surface area contributed by atoms with Crippen LogP contribution in [0, 0.1) is 0 Å². The SMILES string of the molecule is O=CC(I)CCCC(I)C=O.O=CCC(I)C(I)CC=O.O=CCC(I)CC(I)C=O.